The van der Waals surface area contributed by atoms with Crippen LogP contribution >= 0.6 is 15.9 Å². The van der Waals surface area contributed by atoms with E-state index in [2.05, 4.69) is 55.3 Å². The minimum Gasteiger partial charge on any atom is -0.308 e. The Morgan fingerprint density at radius 3 is 3.06 bits per heavy atom. The van der Waals surface area contributed by atoms with Gasteiger partial charge in [-0.1, -0.05) is 11.8 Å². The van der Waals surface area contributed by atoms with Gasteiger partial charge in [0.05, 0.1) is 29.9 Å². The number of hydrogen-bond acceptors (Lipinski definition) is 4. The lowest BCUT2D eigenvalue weighted by Gasteiger charge is -2.27. The number of rotatable bonds is 2. The number of amides is 1. The van der Waals surface area contributed by atoms with Crippen molar-refractivity contribution in [2.45, 2.75) is 25.4 Å². The maximum atomic E-state index is 12.1. The SMILES string of the molecule is C[C@]12C#C[C@H]1N[C@H](C(=O)Nc1cncc(Br)n1)C2. The molecule has 1 aromatic heterocycles. The van der Waals surface area contributed by atoms with Crippen LogP contribution in [-0.2, 0) is 4.79 Å². The zero-order valence-electron chi connectivity index (χ0n) is 9.70. The number of halogens is 1. The van der Waals surface area contributed by atoms with E-state index in [0.717, 1.165) is 6.42 Å². The second kappa shape index (κ2) is 4.04. The number of hydrogen-bond donors (Lipinski definition) is 2. The topological polar surface area (TPSA) is 66.9 Å². The van der Waals surface area contributed by atoms with Crippen molar-refractivity contribution < 1.29 is 4.79 Å². The third-order valence-corrected chi connectivity index (χ3v) is 3.69. The third kappa shape index (κ3) is 1.89. The summed E-state index contributed by atoms with van der Waals surface area (Å²) in [6, 6.07) is -0.0925. The first-order chi connectivity index (χ1) is 8.57. The Bertz CT molecular complexity index is 579. The van der Waals surface area contributed by atoms with E-state index in [1.807, 2.05) is 0 Å². The fourth-order valence-electron chi connectivity index (χ4n) is 2.25. The summed E-state index contributed by atoms with van der Waals surface area (Å²) < 4.78 is 0.593. The number of aromatic nitrogens is 2. The summed E-state index contributed by atoms with van der Waals surface area (Å²) in [6.07, 6.45) is 3.82. The summed E-state index contributed by atoms with van der Waals surface area (Å²) in [6.45, 7) is 2.08. The predicted octanol–water partition coefficient (Wildman–Crippen LogP) is 0.931. The highest BCUT2D eigenvalue weighted by Crippen LogP contribution is 2.38. The number of nitrogens with zero attached hydrogens (tertiary/aromatic N) is 2. The van der Waals surface area contributed by atoms with Gasteiger partial charge in [0, 0.05) is 0 Å². The Morgan fingerprint density at radius 2 is 2.50 bits per heavy atom. The van der Waals surface area contributed by atoms with Crippen molar-refractivity contribution in [3.63, 3.8) is 0 Å². The minimum absolute atomic E-state index is 0.0506. The standard InChI is InChI=1S/C12H11BrN4O/c1-12-3-2-8(12)15-7(4-12)11(18)17-10-6-14-5-9(13)16-10/h5-8,15H,4H2,1H3,(H,16,17,18)/t7-,8+,12+/m0/s1. The molecule has 2 aliphatic rings. The van der Waals surface area contributed by atoms with E-state index in [1.165, 1.54) is 6.20 Å². The van der Waals surface area contributed by atoms with Crippen LogP contribution in [0.4, 0.5) is 5.82 Å². The average molecular weight is 307 g/mol. The molecule has 0 saturated carbocycles. The predicted molar refractivity (Wildman–Crippen MR) is 69.6 cm³/mol. The van der Waals surface area contributed by atoms with Gasteiger partial charge in [0.2, 0.25) is 5.91 Å². The van der Waals surface area contributed by atoms with E-state index in [1.54, 1.807) is 6.20 Å². The normalized spacial score (nSPS) is 31.9. The first kappa shape index (κ1) is 11.6. The molecule has 0 aromatic carbocycles. The molecule has 6 heteroatoms. The van der Waals surface area contributed by atoms with E-state index >= 15 is 0 Å². The van der Waals surface area contributed by atoms with Crippen LogP contribution in [0.25, 0.3) is 0 Å². The van der Waals surface area contributed by atoms with Crippen LogP contribution in [0.1, 0.15) is 13.3 Å². The zero-order valence-corrected chi connectivity index (χ0v) is 11.3. The molecule has 3 atom stereocenters. The Hall–Kier alpha value is -1.45. The van der Waals surface area contributed by atoms with E-state index in [9.17, 15) is 4.79 Å². The van der Waals surface area contributed by atoms with Gasteiger partial charge in [-0.15, -0.1) is 0 Å². The molecule has 3 rings (SSSR count). The van der Waals surface area contributed by atoms with Gasteiger partial charge in [-0.05, 0) is 29.3 Å². The first-order valence-corrected chi connectivity index (χ1v) is 6.43. The molecule has 18 heavy (non-hydrogen) atoms. The number of fused-ring (bicyclic) bond motifs is 1. The molecule has 0 radical (unpaired) electrons. The van der Waals surface area contributed by atoms with Gasteiger partial charge < -0.3 is 5.32 Å². The fourth-order valence-corrected chi connectivity index (χ4v) is 2.56. The van der Waals surface area contributed by atoms with Gasteiger partial charge in [-0.25, -0.2) is 4.98 Å². The van der Waals surface area contributed by atoms with Crippen LogP contribution in [0.3, 0.4) is 0 Å². The molecule has 1 aliphatic heterocycles. The number of anilines is 1. The molecule has 0 bridgehead atoms. The molecule has 1 aromatic rings. The fraction of sp³-hybridized carbons (Fsp3) is 0.417. The third-order valence-electron chi connectivity index (χ3n) is 3.31. The van der Waals surface area contributed by atoms with Crippen LogP contribution in [-0.4, -0.2) is 28.0 Å². The molecule has 0 spiro atoms. The van der Waals surface area contributed by atoms with Crippen molar-refractivity contribution in [2.24, 2.45) is 5.41 Å². The monoisotopic (exact) mass is 306 g/mol. The Kier molecular flexibility index (Phi) is 2.61. The molecular formula is C12H11BrN4O. The summed E-state index contributed by atoms with van der Waals surface area (Å²) in [7, 11) is 0. The van der Waals surface area contributed by atoms with Crippen molar-refractivity contribution in [3.8, 4) is 11.8 Å². The summed E-state index contributed by atoms with van der Waals surface area (Å²) >= 11 is 3.21. The summed E-state index contributed by atoms with van der Waals surface area (Å²) in [5, 5.41) is 5.97. The molecule has 1 saturated heterocycles. The van der Waals surface area contributed by atoms with E-state index < -0.39 is 0 Å². The molecule has 5 nitrogen and oxygen atoms in total. The van der Waals surface area contributed by atoms with Crippen LogP contribution in [0, 0.1) is 17.3 Å². The minimum atomic E-state index is -0.233. The second-order valence-electron chi connectivity index (χ2n) is 4.76. The molecule has 1 fully saturated rings. The lowest BCUT2D eigenvalue weighted by atomic mass is 9.76. The highest BCUT2D eigenvalue weighted by Gasteiger charge is 2.48. The van der Waals surface area contributed by atoms with Crippen LogP contribution in [0.2, 0.25) is 0 Å². The van der Waals surface area contributed by atoms with Crippen LogP contribution in [0.15, 0.2) is 17.0 Å². The smallest absolute Gasteiger partial charge is 0.242 e. The van der Waals surface area contributed by atoms with Crippen molar-refractivity contribution in [3.05, 3.63) is 17.0 Å². The first-order valence-electron chi connectivity index (χ1n) is 5.64. The van der Waals surface area contributed by atoms with Crippen molar-refractivity contribution >= 4 is 27.7 Å². The van der Waals surface area contributed by atoms with E-state index in [0.29, 0.717) is 10.4 Å². The van der Waals surface area contributed by atoms with Crippen LogP contribution < -0.4 is 10.6 Å². The molecule has 2 heterocycles. The lowest BCUT2D eigenvalue weighted by molar-refractivity contribution is -0.117. The highest BCUT2D eigenvalue weighted by atomic mass is 79.9. The number of nitrogens with one attached hydrogen (secondary N) is 2. The number of carbonyl (C=O) groups excluding carboxylic acids is 1. The van der Waals surface area contributed by atoms with Crippen molar-refractivity contribution in [1.82, 2.24) is 15.3 Å². The summed E-state index contributed by atoms with van der Waals surface area (Å²) in [5.74, 6) is 6.49. The molecule has 1 aliphatic carbocycles. The number of carbonyl (C=O) groups is 1. The van der Waals surface area contributed by atoms with Gasteiger partial charge in [0.15, 0.2) is 5.82 Å². The highest BCUT2D eigenvalue weighted by molar-refractivity contribution is 9.10. The lowest BCUT2D eigenvalue weighted by Crippen LogP contribution is -2.42. The van der Waals surface area contributed by atoms with Gasteiger partial charge in [0.1, 0.15) is 4.60 Å². The molecular weight excluding hydrogens is 296 g/mol. The Labute approximate surface area is 113 Å². The quantitative estimate of drug-likeness (QED) is 0.798. The van der Waals surface area contributed by atoms with Gasteiger partial charge in [-0.2, -0.15) is 0 Å². The van der Waals surface area contributed by atoms with Crippen LogP contribution in [0.5, 0.6) is 0 Å². The summed E-state index contributed by atoms with van der Waals surface area (Å²) in [4.78, 5) is 20.1. The molecule has 1 amide bonds. The average Bonchev–Trinajstić information content (AvgIpc) is 2.54. The Morgan fingerprint density at radius 1 is 1.67 bits per heavy atom. The van der Waals surface area contributed by atoms with Gasteiger partial charge in [0.25, 0.3) is 0 Å². The molecule has 92 valence electrons. The second-order valence-corrected chi connectivity index (χ2v) is 5.57. The van der Waals surface area contributed by atoms with E-state index in [-0.39, 0.29) is 23.4 Å². The zero-order chi connectivity index (χ0) is 12.8. The maximum Gasteiger partial charge on any atom is 0.242 e. The van der Waals surface area contributed by atoms with Gasteiger partial charge >= 0.3 is 0 Å². The van der Waals surface area contributed by atoms with Crippen molar-refractivity contribution in [1.29, 1.82) is 0 Å². The van der Waals surface area contributed by atoms with Gasteiger partial charge in [-0.3, -0.25) is 15.1 Å². The largest absolute Gasteiger partial charge is 0.308 e. The molecule has 0 unspecified atom stereocenters. The van der Waals surface area contributed by atoms with Crippen molar-refractivity contribution in [2.75, 3.05) is 5.32 Å². The summed E-state index contributed by atoms with van der Waals surface area (Å²) in [5.41, 5.74) is -0.0506. The Balaban J connectivity index is 1.67. The maximum absolute atomic E-state index is 12.1. The molecule has 2 N–H and O–H groups in total. The van der Waals surface area contributed by atoms with E-state index in [4.69, 9.17) is 0 Å².